The van der Waals surface area contributed by atoms with E-state index < -0.39 is 17.5 Å². The first-order valence-corrected chi connectivity index (χ1v) is 8.56. The molecule has 0 unspecified atom stereocenters. The summed E-state index contributed by atoms with van der Waals surface area (Å²) in [6, 6.07) is 18.1. The van der Waals surface area contributed by atoms with Gasteiger partial charge >= 0.3 is 6.18 Å². The van der Waals surface area contributed by atoms with Crippen LogP contribution in [0.3, 0.4) is 0 Å². The number of aromatic nitrogens is 3. The van der Waals surface area contributed by atoms with E-state index in [1.54, 1.807) is 42.5 Å². The maximum Gasteiger partial charge on any atom is 0.416 e. The van der Waals surface area contributed by atoms with E-state index in [1.807, 2.05) is 6.07 Å². The number of hydrogen-bond acceptors (Lipinski definition) is 4. The number of aromatic hydroxyl groups is 2. The molecule has 8 heteroatoms. The SMILES string of the molecule is Oc1cc(C(F)(F)F)ccc1-c1nc(-c2ccccc2O)n(-c2ccccc2)n1. The molecule has 0 bridgehead atoms. The summed E-state index contributed by atoms with van der Waals surface area (Å²) in [7, 11) is 0. The van der Waals surface area contributed by atoms with Crippen LogP contribution < -0.4 is 0 Å². The van der Waals surface area contributed by atoms with Gasteiger partial charge in [-0.1, -0.05) is 30.3 Å². The van der Waals surface area contributed by atoms with E-state index >= 15 is 0 Å². The second kappa shape index (κ2) is 6.97. The predicted molar refractivity (Wildman–Crippen MR) is 101 cm³/mol. The summed E-state index contributed by atoms with van der Waals surface area (Å²) >= 11 is 0. The first kappa shape index (κ1) is 18.5. The van der Waals surface area contributed by atoms with Gasteiger partial charge in [0, 0.05) is 0 Å². The van der Waals surface area contributed by atoms with Crippen molar-refractivity contribution in [2.24, 2.45) is 0 Å². The molecule has 3 aromatic carbocycles. The summed E-state index contributed by atoms with van der Waals surface area (Å²) in [5, 5.41) is 24.8. The molecule has 0 saturated heterocycles. The highest BCUT2D eigenvalue weighted by Gasteiger charge is 2.31. The highest BCUT2D eigenvalue weighted by Crippen LogP contribution is 2.37. The number of alkyl halides is 3. The molecule has 0 atom stereocenters. The van der Waals surface area contributed by atoms with Crippen molar-refractivity contribution in [2.75, 3.05) is 0 Å². The molecule has 0 spiro atoms. The second-order valence-corrected chi connectivity index (χ2v) is 6.25. The zero-order chi connectivity index (χ0) is 20.6. The summed E-state index contributed by atoms with van der Waals surface area (Å²) in [4.78, 5) is 4.39. The molecule has 29 heavy (non-hydrogen) atoms. The zero-order valence-corrected chi connectivity index (χ0v) is 14.8. The molecule has 0 aliphatic heterocycles. The number of rotatable bonds is 3. The number of hydrogen-bond donors (Lipinski definition) is 2. The van der Waals surface area contributed by atoms with Gasteiger partial charge in [0.2, 0.25) is 0 Å². The summed E-state index contributed by atoms with van der Waals surface area (Å²) in [6.45, 7) is 0. The first-order valence-electron chi connectivity index (χ1n) is 8.56. The molecule has 0 saturated carbocycles. The lowest BCUT2D eigenvalue weighted by molar-refractivity contribution is -0.137. The van der Waals surface area contributed by atoms with Gasteiger partial charge in [0.1, 0.15) is 11.5 Å². The van der Waals surface area contributed by atoms with Crippen molar-refractivity contribution in [1.82, 2.24) is 14.8 Å². The van der Waals surface area contributed by atoms with E-state index in [0.29, 0.717) is 17.3 Å². The summed E-state index contributed by atoms with van der Waals surface area (Å²) < 4.78 is 40.1. The van der Waals surface area contributed by atoms with Crippen LogP contribution in [-0.4, -0.2) is 25.0 Å². The highest BCUT2D eigenvalue weighted by molar-refractivity contribution is 5.71. The Bertz CT molecular complexity index is 1170. The Balaban J connectivity index is 1.90. The highest BCUT2D eigenvalue weighted by atomic mass is 19.4. The van der Waals surface area contributed by atoms with Crippen LogP contribution in [-0.2, 0) is 6.18 Å². The maximum atomic E-state index is 12.9. The molecule has 4 aromatic rings. The quantitative estimate of drug-likeness (QED) is 0.509. The van der Waals surface area contributed by atoms with E-state index in [1.165, 1.54) is 10.7 Å². The lowest BCUT2D eigenvalue weighted by atomic mass is 10.1. The van der Waals surface area contributed by atoms with Crippen LogP contribution >= 0.6 is 0 Å². The van der Waals surface area contributed by atoms with Crippen LogP contribution in [0.25, 0.3) is 28.5 Å². The zero-order valence-electron chi connectivity index (χ0n) is 14.8. The maximum absolute atomic E-state index is 12.9. The average Bonchev–Trinajstić information content (AvgIpc) is 3.13. The van der Waals surface area contributed by atoms with Crippen molar-refractivity contribution in [3.63, 3.8) is 0 Å². The summed E-state index contributed by atoms with van der Waals surface area (Å²) in [5.41, 5.74) is 0.101. The van der Waals surface area contributed by atoms with E-state index in [0.717, 1.165) is 12.1 Å². The molecule has 146 valence electrons. The minimum atomic E-state index is -4.58. The molecule has 1 aromatic heterocycles. The van der Waals surface area contributed by atoms with Crippen molar-refractivity contribution in [2.45, 2.75) is 6.18 Å². The number of nitrogens with zero attached hydrogens (tertiary/aromatic N) is 3. The molecular formula is C21H14F3N3O2. The van der Waals surface area contributed by atoms with Crippen LogP contribution in [0.4, 0.5) is 13.2 Å². The van der Waals surface area contributed by atoms with Gasteiger partial charge in [-0.25, -0.2) is 9.67 Å². The van der Waals surface area contributed by atoms with Gasteiger partial charge in [0.05, 0.1) is 22.4 Å². The number of halogens is 3. The van der Waals surface area contributed by atoms with Crippen molar-refractivity contribution >= 4 is 0 Å². The normalized spacial score (nSPS) is 11.6. The van der Waals surface area contributed by atoms with Crippen molar-refractivity contribution in [3.8, 4) is 40.0 Å². The van der Waals surface area contributed by atoms with Crippen LogP contribution in [0.2, 0.25) is 0 Å². The fourth-order valence-corrected chi connectivity index (χ4v) is 2.91. The molecule has 0 amide bonds. The minimum absolute atomic E-state index is 0.0262. The Kier molecular flexibility index (Phi) is 4.46. The topological polar surface area (TPSA) is 71.2 Å². The van der Waals surface area contributed by atoms with Gasteiger partial charge in [0.15, 0.2) is 11.6 Å². The van der Waals surface area contributed by atoms with E-state index in [4.69, 9.17) is 0 Å². The fourth-order valence-electron chi connectivity index (χ4n) is 2.91. The van der Waals surface area contributed by atoms with Gasteiger partial charge in [-0.15, -0.1) is 5.10 Å². The second-order valence-electron chi connectivity index (χ2n) is 6.25. The minimum Gasteiger partial charge on any atom is -0.507 e. The molecule has 1 heterocycles. The Labute approximate surface area is 163 Å². The van der Waals surface area contributed by atoms with Crippen LogP contribution in [0.15, 0.2) is 72.8 Å². The largest absolute Gasteiger partial charge is 0.507 e. The average molecular weight is 397 g/mol. The van der Waals surface area contributed by atoms with E-state index in [9.17, 15) is 23.4 Å². The van der Waals surface area contributed by atoms with E-state index in [2.05, 4.69) is 10.1 Å². The first-order chi connectivity index (χ1) is 13.8. The molecule has 4 rings (SSSR count). The third kappa shape index (κ3) is 3.52. The summed E-state index contributed by atoms with van der Waals surface area (Å²) in [5.74, 6) is -0.309. The molecule has 0 aliphatic carbocycles. The number of benzene rings is 3. The van der Waals surface area contributed by atoms with Crippen molar-refractivity contribution in [1.29, 1.82) is 0 Å². The van der Waals surface area contributed by atoms with Gasteiger partial charge in [-0.3, -0.25) is 0 Å². The van der Waals surface area contributed by atoms with E-state index in [-0.39, 0.29) is 23.0 Å². The van der Waals surface area contributed by atoms with Crippen LogP contribution in [0.5, 0.6) is 11.5 Å². The molecule has 2 N–H and O–H groups in total. The third-order valence-electron chi connectivity index (χ3n) is 4.32. The van der Waals surface area contributed by atoms with Crippen LogP contribution in [0.1, 0.15) is 5.56 Å². The number of para-hydroxylation sites is 2. The lowest BCUT2D eigenvalue weighted by Crippen LogP contribution is -2.04. The standard InChI is InChI=1S/C21H14F3N3O2/c22-21(23,24)13-10-11-15(18(29)12-13)19-25-20(16-8-4-5-9-17(16)28)27(26-19)14-6-2-1-3-7-14/h1-12,28-29H. The predicted octanol–water partition coefficient (Wildman–Crippen LogP) is 5.03. The van der Waals surface area contributed by atoms with Gasteiger partial charge in [-0.05, 0) is 42.5 Å². The van der Waals surface area contributed by atoms with Crippen molar-refractivity contribution < 1.29 is 23.4 Å². The Hall–Kier alpha value is -3.81. The monoisotopic (exact) mass is 397 g/mol. The Morgan fingerprint density at radius 1 is 0.759 bits per heavy atom. The smallest absolute Gasteiger partial charge is 0.416 e. The van der Waals surface area contributed by atoms with Crippen LogP contribution in [0, 0.1) is 0 Å². The third-order valence-corrected chi connectivity index (χ3v) is 4.32. The molecular weight excluding hydrogens is 383 g/mol. The van der Waals surface area contributed by atoms with Gasteiger partial charge in [-0.2, -0.15) is 13.2 Å². The Morgan fingerprint density at radius 3 is 2.10 bits per heavy atom. The van der Waals surface area contributed by atoms with Gasteiger partial charge < -0.3 is 10.2 Å². The number of phenolic OH excluding ortho intramolecular Hbond substituents is 2. The Morgan fingerprint density at radius 2 is 1.45 bits per heavy atom. The molecule has 0 radical (unpaired) electrons. The number of phenols is 2. The molecule has 5 nitrogen and oxygen atoms in total. The molecule has 0 aliphatic rings. The fraction of sp³-hybridized carbons (Fsp3) is 0.0476. The van der Waals surface area contributed by atoms with Crippen molar-refractivity contribution in [3.05, 3.63) is 78.4 Å². The lowest BCUT2D eigenvalue weighted by Gasteiger charge is -2.08. The summed E-state index contributed by atoms with van der Waals surface area (Å²) in [6.07, 6.45) is -4.58. The molecule has 0 fully saturated rings. The van der Waals surface area contributed by atoms with Gasteiger partial charge in [0.25, 0.3) is 0 Å².